The minimum atomic E-state index is -0.333. The lowest BCUT2D eigenvalue weighted by Gasteiger charge is -2.12. The van der Waals surface area contributed by atoms with Crippen molar-refractivity contribution in [2.75, 3.05) is 11.9 Å². The summed E-state index contributed by atoms with van der Waals surface area (Å²) in [5.41, 5.74) is 2.69. The Morgan fingerprint density at radius 1 is 1.36 bits per heavy atom. The second kappa shape index (κ2) is 7.82. The number of ether oxygens (including phenoxy) is 1. The molecule has 7 heteroatoms. The number of carbonyl (C=O) groups excluding carboxylic acids is 2. The topological polar surface area (TPSA) is 73.2 Å². The van der Waals surface area contributed by atoms with Gasteiger partial charge in [0, 0.05) is 24.0 Å². The Balaban J connectivity index is 1.73. The standard InChI is InChI=1S/C18H23N3O3S/c1-3-24-18(23)16-13-6-4-5-7-14(13)25-17(16)20-15(22)8-9-21-11-12(2)10-19-21/h10-11H,3-9H2,1-2H3,(H,20,22). The Bertz CT molecular complexity index is 779. The van der Waals surface area contributed by atoms with Crippen LogP contribution in [0.1, 0.15) is 52.5 Å². The molecular weight excluding hydrogens is 338 g/mol. The van der Waals surface area contributed by atoms with Crippen LogP contribution in [0.2, 0.25) is 0 Å². The fourth-order valence-electron chi connectivity index (χ4n) is 3.07. The quantitative estimate of drug-likeness (QED) is 0.801. The Morgan fingerprint density at radius 2 is 2.16 bits per heavy atom. The summed E-state index contributed by atoms with van der Waals surface area (Å²) < 4.78 is 6.96. The first-order chi connectivity index (χ1) is 12.1. The largest absolute Gasteiger partial charge is 0.462 e. The molecule has 0 spiro atoms. The lowest BCUT2D eigenvalue weighted by atomic mass is 9.95. The smallest absolute Gasteiger partial charge is 0.341 e. The molecule has 2 heterocycles. The van der Waals surface area contributed by atoms with E-state index in [0.29, 0.717) is 30.1 Å². The third-order valence-corrected chi connectivity index (χ3v) is 5.44. The van der Waals surface area contributed by atoms with Gasteiger partial charge in [-0.3, -0.25) is 9.48 Å². The molecule has 0 radical (unpaired) electrons. The highest BCUT2D eigenvalue weighted by Gasteiger charge is 2.27. The molecule has 0 unspecified atom stereocenters. The summed E-state index contributed by atoms with van der Waals surface area (Å²) in [5.74, 6) is -0.447. The number of hydrogen-bond acceptors (Lipinski definition) is 5. The van der Waals surface area contributed by atoms with E-state index in [9.17, 15) is 9.59 Å². The van der Waals surface area contributed by atoms with Crippen LogP contribution in [0.25, 0.3) is 0 Å². The average molecular weight is 361 g/mol. The van der Waals surface area contributed by atoms with Crippen LogP contribution in [0, 0.1) is 6.92 Å². The van der Waals surface area contributed by atoms with Crippen LogP contribution in [-0.4, -0.2) is 28.3 Å². The molecule has 6 nitrogen and oxygen atoms in total. The number of amides is 1. The number of nitrogens with one attached hydrogen (secondary N) is 1. The van der Waals surface area contributed by atoms with Crippen molar-refractivity contribution in [1.29, 1.82) is 0 Å². The monoisotopic (exact) mass is 361 g/mol. The van der Waals surface area contributed by atoms with Gasteiger partial charge in [0.05, 0.1) is 18.4 Å². The average Bonchev–Trinajstić information content (AvgIpc) is 3.16. The molecule has 1 N–H and O–H groups in total. The SMILES string of the molecule is CCOC(=O)c1c(NC(=O)CCn2cc(C)cn2)sc2c1CCCC2. The molecule has 0 atom stereocenters. The predicted octanol–water partition coefficient (Wildman–Crippen LogP) is 3.34. The van der Waals surface area contributed by atoms with Crippen molar-refractivity contribution in [1.82, 2.24) is 9.78 Å². The zero-order valence-electron chi connectivity index (χ0n) is 14.6. The Kier molecular flexibility index (Phi) is 5.53. The van der Waals surface area contributed by atoms with E-state index in [1.54, 1.807) is 17.8 Å². The third kappa shape index (κ3) is 4.10. The van der Waals surface area contributed by atoms with Crippen LogP contribution in [0.15, 0.2) is 12.4 Å². The number of fused-ring (bicyclic) bond motifs is 1. The van der Waals surface area contributed by atoms with Crippen LogP contribution < -0.4 is 5.32 Å². The Morgan fingerprint density at radius 3 is 2.88 bits per heavy atom. The molecule has 1 aliphatic rings. The third-order valence-electron chi connectivity index (χ3n) is 4.23. The highest BCUT2D eigenvalue weighted by atomic mass is 32.1. The summed E-state index contributed by atoms with van der Waals surface area (Å²) in [7, 11) is 0. The van der Waals surface area contributed by atoms with Crippen LogP contribution in [0.3, 0.4) is 0 Å². The Hall–Kier alpha value is -2.15. The van der Waals surface area contributed by atoms with Crippen LogP contribution >= 0.6 is 11.3 Å². The number of esters is 1. The minimum Gasteiger partial charge on any atom is -0.462 e. The molecule has 3 rings (SSSR count). The summed E-state index contributed by atoms with van der Waals surface area (Å²) in [6.07, 6.45) is 8.03. The minimum absolute atomic E-state index is 0.114. The van der Waals surface area contributed by atoms with Gasteiger partial charge >= 0.3 is 5.97 Å². The first kappa shape index (κ1) is 17.7. The van der Waals surface area contributed by atoms with E-state index in [-0.39, 0.29) is 11.9 Å². The van der Waals surface area contributed by atoms with Gasteiger partial charge in [-0.2, -0.15) is 5.10 Å². The highest BCUT2D eigenvalue weighted by Crippen LogP contribution is 2.38. The maximum Gasteiger partial charge on any atom is 0.341 e. The van der Waals surface area contributed by atoms with E-state index in [1.165, 1.54) is 16.2 Å². The number of aryl methyl sites for hydroxylation is 3. The summed E-state index contributed by atoms with van der Waals surface area (Å²) in [6, 6.07) is 0. The maximum absolute atomic E-state index is 12.4. The van der Waals surface area contributed by atoms with Crippen molar-refractivity contribution in [3.63, 3.8) is 0 Å². The highest BCUT2D eigenvalue weighted by molar-refractivity contribution is 7.17. The number of thiophene rings is 1. The molecule has 25 heavy (non-hydrogen) atoms. The van der Waals surface area contributed by atoms with E-state index in [1.807, 2.05) is 13.1 Å². The summed E-state index contributed by atoms with van der Waals surface area (Å²) >= 11 is 1.52. The summed E-state index contributed by atoms with van der Waals surface area (Å²) in [6.45, 7) is 4.60. The van der Waals surface area contributed by atoms with Crippen molar-refractivity contribution in [3.05, 3.63) is 34.0 Å². The van der Waals surface area contributed by atoms with Crippen LogP contribution in [0.5, 0.6) is 0 Å². The van der Waals surface area contributed by atoms with Crippen molar-refractivity contribution in [3.8, 4) is 0 Å². The number of aromatic nitrogens is 2. The van der Waals surface area contributed by atoms with Crippen molar-refractivity contribution < 1.29 is 14.3 Å². The number of anilines is 1. The molecule has 134 valence electrons. The van der Waals surface area contributed by atoms with Gasteiger partial charge in [0.1, 0.15) is 5.00 Å². The van der Waals surface area contributed by atoms with Gasteiger partial charge in [0.2, 0.25) is 5.91 Å². The molecule has 2 aromatic rings. The van der Waals surface area contributed by atoms with Crippen molar-refractivity contribution in [2.45, 2.75) is 52.5 Å². The number of nitrogens with zero attached hydrogens (tertiary/aromatic N) is 2. The molecular formula is C18H23N3O3S. The van der Waals surface area contributed by atoms with Gasteiger partial charge in [0.15, 0.2) is 0 Å². The summed E-state index contributed by atoms with van der Waals surface area (Å²) in [5, 5.41) is 7.74. The Labute approximate surface area is 151 Å². The molecule has 2 aromatic heterocycles. The zero-order valence-corrected chi connectivity index (χ0v) is 15.4. The van der Waals surface area contributed by atoms with Gasteiger partial charge in [0.25, 0.3) is 0 Å². The van der Waals surface area contributed by atoms with Gasteiger partial charge in [-0.25, -0.2) is 4.79 Å². The second-order valence-electron chi connectivity index (χ2n) is 6.21. The molecule has 0 bridgehead atoms. The fourth-order valence-corrected chi connectivity index (χ4v) is 4.36. The van der Waals surface area contributed by atoms with Gasteiger partial charge in [-0.05, 0) is 50.7 Å². The number of hydrogen-bond donors (Lipinski definition) is 1. The second-order valence-corrected chi connectivity index (χ2v) is 7.32. The van der Waals surface area contributed by atoms with Gasteiger partial charge < -0.3 is 10.1 Å². The fraction of sp³-hybridized carbons (Fsp3) is 0.500. The molecule has 1 amide bonds. The first-order valence-electron chi connectivity index (χ1n) is 8.69. The molecule has 0 aliphatic heterocycles. The van der Waals surface area contributed by atoms with Gasteiger partial charge in [-0.1, -0.05) is 0 Å². The van der Waals surface area contributed by atoms with E-state index in [2.05, 4.69) is 10.4 Å². The predicted molar refractivity (Wildman–Crippen MR) is 97.1 cm³/mol. The van der Waals surface area contributed by atoms with E-state index in [4.69, 9.17) is 4.74 Å². The zero-order chi connectivity index (χ0) is 17.8. The molecule has 0 saturated heterocycles. The lowest BCUT2D eigenvalue weighted by Crippen LogP contribution is -2.17. The molecule has 0 aromatic carbocycles. The van der Waals surface area contributed by atoms with E-state index >= 15 is 0 Å². The molecule has 0 fully saturated rings. The number of carbonyl (C=O) groups is 2. The van der Waals surface area contributed by atoms with E-state index < -0.39 is 0 Å². The van der Waals surface area contributed by atoms with E-state index in [0.717, 1.165) is 36.8 Å². The maximum atomic E-state index is 12.4. The van der Waals surface area contributed by atoms with Crippen LogP contribution in [0.4, 0.5) is 5.00 Å². The molecule has 0 saturated carbocycles. The summed E-state index contributed by atoms with van der Waals surface area (Å²) in [4.78, 5) is 25.9. The molecule has 1 aliphatic carbocycles. The van der Waals surface area contributed by atoms with Crippen molar-refractivity contribution in [2.24, 2.45) is 0 Å². The number of rotatable bonds is 6. The van der Waals surface area contributed by atoms with Gasteiger partial charge in [-0.15, -0.1) is 11.3 Å². The van der Waals surface area contributed by atoms with Crippen molar-refractivity contribution >= 4 is 28.2 Å². The van der Waals surface area contributed by atoms with Crippen LogP contribution in [-0.2, 0) is 28.9 Å². The normalized spacial score (nSPS) is 13.4. The first-order valence-corrected chi connectivity index (χ1v) is 9.50. The lowest BCUT2D eigenvalue weighted by molar-refractivity contribution is -0.116.